The van der Waals surface area contributed by atoms with Crippen LogP contribution in [0.15, 0.2) is 12.1 Å². The van der Waals surface area contributed by atoms with E-state index in [9.17, 15) is 0 Å². The molecule has 0 aromatic carbocycles. The number of aromatic nitrogens is 3. The molecule has 0 amide bonds. The Morgan fingerprint density at radius 2 is 2.33 bits per heavy atom. The minimum absolute atomic E-state index is 0.394. The van der Waals surface area contributed by atoms with E-state index in [2.05, 4.69) is 37.8 Å². The van der Waals surface area contributed by atoms with Crippen molar-refractivity contribution in [2.45, 2.75) is 0 Å². The summed E-state index contributed by atoms with van der Waals surface area (Å²) in [5.74, 6) is 0. The number of nitrogens with zero attached hydrogens (tertiary/aromatic N) is 3. The number of aromatic amines is 1. The fourth-order valence-corrected chi connectivity index (χ4v) is 1.47. The summed E-state index contributed by atoms with van der Waals surface area (Å²) >= 11 is 2.14. The van der Waals surface area contributed by atoms with Gasteiger partial charge in [0, 0.05) is 0 Å². The van der Waals surface area contributed by atoms with Gasteiger partial charge in [0.15, 0.2) is 5.65 Å². The van der Waals surface area contributed by atoms with Gasteiger partial charge in [-0.15, -0.1) is 0 Å². The van der Waals surface area contributed by atoms with Crippen LogP contribution in [0.3, 0.4) is 0 Å². The van der Waals surface area contributed by atoms with Crippen LogP contribution in [0.25, 0.3) is 11.0 Å². The predicted molar refractivity (Wildman–Crippen MR) is 51.3 cm³/mol. The van der Waals surface area contributed by atoms with E-state index in [0.29, 0.717) is 11.3 Å². The van der Waals surface area contributed by atoms with Gasteiger partial charge in [0.05, 0.1) is 5.39 Å². The first-order valence-corrected chi connectivity index (χ1v) is 4.30. The third-order valence-corrected chi connectivity index (χ3v) is 2.31. The van der Waals surface area contributed by atoms with E-state index < -0.39 is 0 Å². The van der Waals surface area contributed by atoms with E-state index in [1.165, 1.54) is 0 Å². The highest BCUT2D eigenvalue weighted by Crippen LogP contribution is 2.15. The van der Waals surface area contributed by atoms with Crippen molar-refractivity contribution in [3.8, 4) is 6.07 Å². The number of rotatable bonds is 0. The molecule has 0 fully saturated rings. The maximum atomic E-state index is 8.55. The van der Waals surface area contributed by atoms with Gasteiger partial charge in [0.1, 0.15) is 15.5 Å². The van der Waals surface area contributed by atoms with E-state index in [1.807, 2.05) is 12.1 Å². The Morgan fingerprint density at radius 3 is 3.08 bits per heavy atom. The highest BCUT2D eigenvalue weighted by molar-refractivity contribution is 14.1. The molecule has 2 aromatic heterocycles. The van der Waals surface area contributed by atoms with Crippen LogP contribution >= 0.6 is 22.6 Å². The first-order valence-electron chi connectivity index (χ1n) is 3.22. The molecular formula is C7H3IN4. The van der Waals surface area contributed by atoms with Crippen molar-refractivity contribution in [3.05, 3.63) is 21.5 Å². The van der Waals surface area contributed by atoms with Crippen LogP contribution in [0.5, 0.6) is 0 Å². The zero-order valence-electron chi connectivity index (χ0n) is 5.87. The number of H-pyrrole nitrogens is 1. The van der Waals surface area contributed by atoms with E-state index >= 15 is 0 Å². The summed E-state index contributed by atoms with van der Waals surface area (Å²) in [5, 5.41) is 16.2. The predicted octanol–water partition coefficient (Wildman–Crippen LogP) is 1.43. The standard InChI is InChI=1S/C7H3IN4/c8-6-5-2-1-4(3-9)10-7(5)12-11-6/h1-2H,(H,10,11,12). The zero-order valence-corrected chi connectivity index (χ0v) is 8.03. The van der Waals surface area contributed by atoms with Crippen LogP contribution in [-0.2, 0) is 0 Å². The van der Waals surface area contributed by atoms with Gasteiger partial charge in [-0.05, 0) is 34.7 Å². The summed E-state index contributed by atoms with van der Waals surface area (Å²) < 4.78 is 0.944. The van der Waals surface area contributed by atoms with Gasteiger partial charge >= 0.3 is 0 Å². The molecule has 0 bridgehead atoms. The molecule has 0 atom stereocenters. The van der Waals surface area contributed by atoms with E-state index in [0.717, 1.165) is 9.09 Å². The number of fused-ring (bicyclic) bond motifs is 1. The first kappa shape index (κ1) is 7.49. The van der Waals surface area contributed by atoms with E-state index in [1.54, 1.807) is 6.07 Å². The Bertz CT molecular complexity index is 468. The molecule has 5 heteroatoms. The average Bonchev–Trinajstić information content (AvgIpc) is 2.47. The van der Waals surface area contributed by atoms with Crippen molar-refractivity contribution >= 4 is 33.6 Å². The molecule has 12 heavy (non-hydrogen) atoms. The molecule has 0 radical (unpaired) electrons. The van der Waals surface area contributed by atoms with E-state index in [4.69, 9.17) is 5.26 Å². The highest BCUT2D eigenvalue weighted by Gasteiger charge is 2.03. The molecule has 58 valence electrons. The Labute approximate surface area is 81.7 Å². The number of nitrogens with one attached hydrogen (secondary N) is 1. The summed E-state index contributed by atoms with van der Waals surface area (Å²) in [7, 11) is 0. The van der Waals surface area contributed by atoms with Crippen molar-refractivity contribution in [3.63, 3.8) is 0 Å². The summed E-state index contributed by atoms with van der Waals surface area (Å²) in [5.41, 5.74) is 0.990. The van der Waals surface area contributed by atoms with Crippen molar-refractivity contribution in [1.29, 1.82) is 5.26 Å². The Hall–Kier alpha value is -1.16. The molecule has 0 aliphatic heterocycles. The summed E-state index contributed by atoms with van der Waals surface area (Å²) in [6, 6.07) is 5.48. The van der Waals surface area contributed by atoms with Gasteiger partial charge in [0.25, 0.3) is 0 Å². The lowest BCUT2D eigenvalue weighted by molar-refractivity contribution is 1.07. The SMILES string of the molecule is N#Cc1ccc2c(I)[nH]nc2n1. The smallest absolute Gasteiger partial charge is 0.183 e. The summed E-state index contributed by atoms with van der Waals surface area (Å²) in [4.78, 5) is 4.01. The second-order valence-corrected chi connectivity index (χ2v) is 3.30. The van der Waals surface area contributed by atoms with Gasteiger partial charge in [-0.3, -0.25) is 5.10 Å². The second-order valence-electron chi connectivity index (χ2n) is 2.22. The van der Waals surface area contributed by atoms with Gasteiger partial charge in [-0.1, -0.05) is 0 Å². The molecule has 2 heterocycles. The van der Waals surface area contributed by atoms with Crippen LogP contribution < -0.4 is 0 Å². The van der Waals surface area contributed by atoms with Crippen LogP contribution in [0.2, 0.25) is 0 Å². The van der Waals surface area contributed by atoms with E-state index in [-0.39, 0.29) is 0 Å². The summed E-state index contributed by atoms with van der Waals surface area (Å²) in [6.45, 7) is 0. The lowest BCUT2D eigenvalue weighted by Gasteiger charge is -1.87. The molecule has 0 spiro atoms. The maximum Gasteiger partial charge on any atom is 0.183 e. The van der Waals surface area contributed by atoms with Gasteiger partial charge < -0.3 is 0 Å². The lowest BCUT2D eigenvalue weighted by Crippen LogP contribution is -1.81. The van der Waals surface area contributed by atoms with Crippen molar-refractivity contribution < 1.29 is 0 Å². The van der Waals surface area contributed by atoms with Crippen LogP contribution in [0.1, 0.15) is 5.69 Å². The molecule has 4 nitrogen and oxygen atoms in total. The first-order chi connectivity index (χ1) is 5.81. The highest BCUT2D eigenvalue weighted by atomic mass is 127. The average molecular weight is 270 g/mol. The van der Waals surface area contributed by atoms with Crippen molar-refractivity contribution in [2.75, 3.05) is 0 Å². The fourth-order valence-electron chi connectivity index (χ4n) is 0.929. The number of hydrogen-bond acceptors (Lipinski definition) is 3. The number of hydrogen-bond donors (Lipinski definition) is 1. The zero-order chi connectivity index (χ0) is 8.55. The molecule has 0 saturated heterocycles. The van der Waals surface area contributed by atoms with Crippen molar-refractivity contribution in [1.82, 2.24) is 15.2 Å². The molecule has 0 aliphatic carbocycles. The van der Waals surface area contributed by atoms with Gasteiger partial charge in [0.2, 0.25) is 0 Å². The van der Waals surface area contributed by atoms with Crippen LogP contribution in [-0.4, -0.2) is 15.2 Å². The quantitative estimate of drug-likeness (QED) is 0.736. The number of pyridine rings is 1. The third kappa shape index (κ3) is 1.04. The van der Waals surface area contributed by atoms with Crippen LogP contribution in [0.4, 0.5) is 0 Å². The molecular weight excluding hydrogens is 267 g/mol. The normalized spacial score (nSPS) is 10.0. The molecule has 1 N–H and O–H groups in total. The lowest BCUT2D eigenvalue weighted by atomic mass is 10.3. The van der Waals surface area contributed by atoms with Crippen molar-refractivity contribution in [2.24, 2.45) is 0 Å². The van der Waals surface area contributed by atoms with Gasteiger partial charge in [-0.25, -0.2) is 4.98 Å². The summed E-state index contributed by atoms with van der Waals surface area (Å²) in [6.07, 6.45) is 0. The number of nitriles is 1. The maximum absolute atomic E-state index is 8.55. The fraction of sp³-hybridized carbons (Fsp3) is 0. The molecule has 0 unspecified atom stereocenters. The molecule has 0 saturated carbocycles. The molecule has 2 aromatic rings. The Morgan fingerprint density at radius 1 is 1.50 bits per heavy atom. The minimum atomic E-state index is 0.394. The molecule has 0 aliphatic rings. The largest absolute Gasteiger partial charge is 0.269 e. The van der Waals surface area contributed by atoms with Gasteiger partial charge in [-0.2, -0.15) is 10.4 Å². The topological polar surface area (TPSA) is 65.4 Å². The van der Waals surface area contributed by atoms with Crippen LogP contribution in [0, 0.1) is 15.0 Å². The Balaban J connectivity index is 2.80. The third-order valence-electron chi connectivity index (χ3n) is 1.49. The second kappa shape index (κ2) is 2.71. The Kier molecular flexibility index (Phi) is 1.69. The number of halogens is 1. The monoisotopic (exact) mass is 270 g/mol. The minimum Gasteiger partial charge on any atom is -0.269 e. The molecule has 2 rings (SSSR count).